The molecule has 2 aromatic heterocycles. The van der Waals surface area contributed by atoms with Crippen LogP contribution in [0.1, 0.15) is 0 Å². The molecule has 0 saturated carbocycles. The zero-order valence-electron chi connectivity index (χ0n) is 9.74. The number of thiazole rings is 1. The molecule has 19 heavy (non-hydrogen) atoms. The summed E-state index contributed by atoms with van der Waals surface area (Å²) in [6.45, 7) is 3.82. The van der Waals surface area contributed by atoms with E-state index in [0.29, 0.717) is 10.8 Å². The predicted octanol–water partition coefficient (Wildman–Crippen LogP) is 0.661. The van der Waals surface area contributed by atoms with Crippen LogP contribution >= 0.6 is 23.1 Å². The van der Waals surface area contributed by atoms with Crippen LogP contribution in [0.15, 0.2) is 12.3 Å². The van der Waals surface area contributed by atoms with Gasteiger partial charge in [-0.05, 0) is 21.5 Å². The summed E-state index contributed by atoms with van der Waals surface area (Å²) in [5, 5.41) is 13.8. The van der Waals surface area contributed by atoms with Crippen LogP contribution in [0.4, 0.5) is 0 Å². The van der Waals surface area contributed by atoms with Crippen molar-refractivity contribution in [3.8, 4) is 0 Å². The second-order valence-corrected chi connectivity index (χ2v) is 5.76. The second-order valence-electron chi connectivity index (χ2n) is 3.72. The van der Waals surface area contributed by atoms with Crippen molar-refractivity contribution in [1.29, 1.82) is 0 Å². The van der Waals surface area contributed by atoms with E-state index in [1.807, 2.05) is 6.07 Å². The van der Waals surface area contributed by atoms with Crippen molar-refractivity contribution in [3.05, 3.63) is 35.0 Å². The number of aliphatic carboxylic acids is 1. The van der Waals surface area contributed by atoms with Crippen molar-refractivity contribution in [1.82, 2.24) is 4.98 Å². The van der Waals surface area contributed by atoms with Gasteiger partial charge in [-0.15, -0.1) is 11.8 Å². The first-order valence-electron chi connectivity index (χ1n) is 5.12. The third kappa shape index (κ3) is 2.84. The number of hydrogen-bond donors (Lipinski definition) is 1. The van der Waals surface area contributed by atoms with Gasteiger partial charge in [0, 0.05) is 38.9 Å². The molecule has 0 amide bonds. The monoisotopic (exact) mass is 367 g/mol. The van der Waals surface area contributed by atoms with Crippen LogP contribution in [0, 0.1) is 12.8 Å². The standard InChI is InChI=1S/C11H8N3O2S2.Y/c1-14-4-2-3-7-8(14)13-10(18-7)9-12-6(5-17-9)11(15)16;/h3-4,6H,1,5H2,(H,15,16);/q-1;/b10-9-;. The summed E-state index contributed by atoms with van der Waals surface area (Å²) in [6.07, 6.45) is 1.70. The number of hydrogen-bond acceptors (Lipinski definition) is 4. The Morgan fingerprint density at radius 2 is 2.47 bits per heavy atom. The first kappa shape index (κ1) is 14.9. The fourth-order valence-electron chi connectivity index (χ4n) is 1.60. The van der Waals surface area contributed by atoms with E-state index in [1.165, 1.54) is 23.1 Å². The molecule has 95 valence electrons. The molecule has 1 atom stereocenters. The Morgan fingerprint density at radius 1 is 1.68 bits per heavy atom. The van der Waals surface area contributed by atoms with Crippen molar-refractivity contribution in [2.24, 2.45) is 0 Å². The van der Waals surface area contributed by atoms with Gasteiger partial charge in [0.1, 0.15) is 0 Å². The molecule has 1 fully saturated rings. The predicted molar refractivity (Wildman–Crippen MR) is 69.7 cm³/mol. The van der Waals surface area contributed by atoms with Crippen molar-refractivity contribution >= 4 is 44.4 Å². The first-order valence-corrected chi connectivity index (χ1v) is 6.92. The van der Waals surface area contributed by atoms with Gasteiger partial charge in [-0.2, -0.15) is 11.3 Å². The van der Waals surface area contributed by atoms with E-state index in [0.717, 1.165) is 15.0 Å². The van der Waals surface area contributed by atoms with Crippen LogP contribution in [0.3, 0.4) is 0 Å². The van der Waals surface area contributed by atoms with Crippen molar-refractivity contribution in [3.63, 3.8) is 0 Å². The molecule has 1 radical (unpaired) electrons. The van der Waals surface area contributed by atoms with Gasteiger partial charge in [0.25, 0.3) is 11.6 Å². The minimum atomic E-state index is -0.890. The molecule has 3 heterocycles. The number of carboxylic acid groups (broad SMARTS) is 1. The van der Waals surface area contributed by atoms with Gasteiger partial charge in [-0.3, -0.25) is 4.79 Å². The third-order valence-electron chi connectivity index (χ3n) is 2.47. The summed E-state index contributed by atoms with van der Waals surface area (Å²) >= 11 is 2.90. The van der Waals surface area contributed by atoms with Crippen LogP contribution in [0.25, 0.3) is 20.7 Å². The second kappa shape index (κ2) is 5.87. The molecule has 0 bridgehead atoms. The Kier molecular flexibility index (Phi) is 4.60. The summed E-state index contributed by atoms with van der Waals surface area (Å²) in [4.78, 5) is 15.3. The number of aromatic nitrogens is 2. The largest absolute Gasteiger partial charge is 0.662 e. The molecule has 1 aliphatic heterocycles. The van der Waals surface area contributed by atoms with Gasteiger partial charge >= 0.3 is 0 Å². The Morgan fingerprint density at radius 3 is 3.11 bits per heavy atom. The van der Waals surface area contributed by atoms with Gasteiger partial charge in [0.15, 0.2) is 0 Å². The maximum Gasteiger partial charge on any atom is 0.289 e. The van der Waals surface area contributed by atoms with Crippen LogP contribution in [0.5, 0.6) is 0 Å². The average Bonchev–Trinajstić information content (AvgIpc) is 2.95. The summed E-state index contributed by atoms with van der Waals surface area (Å²) < 4.78 is 3.35. The number of thioether (sulfide) groups is 1. The summed E-state index contributed by atoms with van der Waals surface area (Å²) in [7, 11) is 0. The SMILES string of the molecule is C=[n+]1c[c-]cc2s/c(=C3/[N-]C(C(=O)O)CS3)nc21.[Y]. The van der Waals surface area contributed by atoms with Crippen molar-refractivity contribution < 1.29 is 46.9 Å². The number of carboxylic acids is 1. The Bertz CT molecular complexity index is 746. The number of carbonyl (C=O) groups is 1. The molecule has 3 rings (SSSR count). The molecule has 2 aromatic rings. The summed E-state index contributed by atoms with van der Waals surface area (Å²) in [5.74, 6) is -0.420. The van der Waals surface area contributed by atoms with E-state index in [1.54, 1.807) is 10.4 Å². The summed E-state index contributed by atoms with van der Waals surface area (Å²) in [5.41, 5.74) is 0.760. The molecule has 1 N–H and O–H groups in total. The molecule has 0 spiro atoms. The molecular weight excluding hydrogens is 359 g/mol. The maximum atomic E-state index is 10.8. The van der Waals surface area contributed by atoms with Crippen molar-refractivity contribution in [2.45, 2.75) is 6.04 Å². The zero-order valence-corrected chi connectivity index (χ0v) is 14.2. The van der Waals surface area contributed by atoms with Gasteiger partial charge in [-0.1, -0.05) is 4.98 Å². The van der Waals surface area contributed by atoms with Crippen LogP contribution < -0.4 is 8.91 Å². The molecular formula is C11H8N3O2S2Y-. The Hall–Kier alpha value is -0.496. The smallest absolute Gasteiger partial charge is 0.289 e. The zero-order chi connectivity index (χ0) is 12.7. The molecule has 1 unspecified atom stereocenters. The quantitative estimate of drug-likeness (QED) is 0.594. The van der Waals surface area contributed by atoms with Crippen molar-refractivity contribution in [2.75, 3.05) is 5.75 Å². The third-order valence-corrected chi connectivity index (χ3v) is 4.65. The van der Waals surface area contributed by atoms with Gasteiger partial charge in [0.05, 0.1) is 6.72 Å². The fraction of sp³-hybridized carbons (Fsp3) is 0.182. The Balaban J connectivity index is 0.00000133. The minimum Gasteiger partial charge on any atom is -0.662 e. The van der Waals surface area contributed by atoms with E-state index < -0.39 is 12.0 Å². The van der Waals surface area contributed by atoms with Crippen LogP contribution in [-0.2, 0) is 37.5 Å². The van der Waals surface area contributed by atoms with E-state index in [4.69, 9.17) is 5.11 Å². The van der Waals surface area contributed by atoms with E-state index in [2.05, 4.69) is 23.1 Å². The average molecular weight is 367 g/mol. The van der Waals surface area contributed by atoms with Gasteiger partial charge < -0.3 is 10.4 Å². The molecule has 0 aromatic carbocycles. The topological polar surface area (TPSA) is 70.2 Å². The number of rotatable bonds is 1. The van der Waals surface area contributed by atoms with E-state index in [-0.39, 0.29) is 32.7 Å². The van der Waals surface area contributed by atoms with E-state index in [9.17, 15) is 4.79 Å². The number of fused-ring (bicyclic) bond motifs is 1. The van der Waals surface area contributed by atoms with Crippen LogP contribution in [-0.4, -0.2) is 27.9 Å². The van der Waals surface area contributed by atoms with Gasteiger partial charge in [0.2, 0.25) is 4.66 Å². The molecule has 1 aliphatic rings. The fourth-order valence-corrected chi connectivity index (χ4v) is 3.66. The molecule has 5 nitrogen and oxygen atoms in total. The maximum absolute atomic E-state index is 10.8. The van der Waals surface area contributed by atoms with Gasteiger partial charge in [-0.25, -0.2) is 16.4 Å². The Labute approximate surface area is 142 Å². The molecule has 8 heteroatoms. The first-order chi connectivity index (χ1) is 8.65. The number of nitrogens with zero attached hydrogens (tertiary/aromatic N) is 3. The van der Waals surface area contributed by atoms with E-state index >= 15 is 0 Å². The number of pyridine rings is 1. The summed E-state index contributed by atoms with van der Waals surface area (Å²) in [6, 6.07) is 4.15. The molecule has 0 aliphatic carbocycles. The molecule has 1 saturated heterocycles. The normalized spacial score (nSPS) is 20.9. The van der Waals surface area contributed by atoms with Crippen LogP contribution in [0.2, 0.25) is 0 Å². The minimum absolute atomic E-state index is 0.